The summed E-state index contributed by atoms with van der Waals surface area (Å²) in [5.41, 5.74) is 1.73. The Labute approximate surface area is 127 Å². The minimum atomic E-state index is 0.0789. The van der Waals surface area contributed by atoms with E-state index in [0.717, 1.165) is 37.4 Å². The Bertz CT molecular complexity index is 493. The Kier molecular flexibility index (Phi) is 5.23. The highest BCUT2D eigenvalue weighted by Crippen LogP contribution is 2.24. The van der Waals surface area contributed by atoms with Crippen molar-refractivity contribution in [1.82, 2.24) is 4.90 Å². The molecule has 0 saturated carbocycles. The van der Waals surface area contributed by atoms with Crippen molar-refractivity contribution in [1.29, 1.82) is 0 Å². The molecule has 1 aromatic carbocycles. The zero-order chi connectivity index (χ0) is 15.4. The van der Waals surface area contributed by atoms with Crippen LogP contribution >= 0.6 is 0 Å². The third-order valence-corrected chi connectivity index (χ3v) is 4.03. The molecule has 1 amide bonds. The van der Waals surface area contributed by atoms with E-state index in [9.17, 15) is 4.79 Å². The highest BCUT2D eigenvalue weighted by Gasteiger charge is 2.28. The molecule has 1 saturated heterocycles. The summed E-state index contributed by atoms with van der Waals surface area (Å²) in [5, 5.41) is 0. The number of carbonyl (C=O) groups is 1. The molecule has 1 aliphatic rings. The molecule has 2 rings (SSSR count). The van der Waals surface area contributed by atoms with E-state index < -0.39 is 0 Å². The quantitative estimate of drug-likeness (QED) is 0.856. The molecule has 0 radical (unpaired) electrons. The number of benzene rings is 1. The van der Waals surface area contributed by atoms with Crippen molar-refractivity contribution in [2.24, 2.45) is 0 Å². The average molecular weight is 291 g/mol. The highest BCUT2D eigenvalue weighted by atomic mass is 16.5. The predicted octanol–water partition coefficient (Wildman–Crippen LogP) is 3.03. The van der Waals surface area contributed by atoms with Crippen molar-refractivity contribution in [3.05, 3.63) is 29.3 Å². The van der Waals surface area contributed by atoms with E-state index in [2.05, 4.69) is 13.8 Å². The lowest BCUT2D eigenvalue weighted by Gasteiger charge is -2.37. The maximum absolute atomic E-state index is 12.9. The van der Waals surface area contributed by atoms with Gasteiger partial charge in [0.2, 0.25) is 0 Å². The number of rotatable bonds is 4. The standard InChI is InChI=1S/C17H25NO3/c1-12(2)18(15-7-9-21-10-8-15)17(19)14-6-5-13(3)16(11-14)20-4/h5-6,11-12,15H,7-10H2,1-4H3. The van der Waals surface area contributed by atoms with Gasteiger partial charge in [0, 0.05) is 30.9 Å². The van der Waals surface area contributed by atoms with Crippen molar-refractivity contribution >= 4 is 5.91 Å². The van der Waals surface area contributed by atoms with E-state index in [4.69, 9.17) is 9.47 Å². The molecule has 4 heteroatoms. The number of hydrogen-bond acceptors (Lipinski definition) is 3. The molecule has 0 spiro atoms. The van der Waals surface area contributed by atoms with Gasteiger partial charge < -0.3 is 14.4 Å². The van der Waals surface area contributed by atoms with Crippen LogP contribution in [0.15, 0.2) is 18.2 Å². The lowest BCUT2D eigenvalue weighted by atomic mass is 10.0. The number of carbonyl (C=O) groups excluding carboxylic acids is 1. The molecule has 0 aromatic heterocycles. The van der Waals surface area contributed by atoms with Gasteiger partial charge in [0.25, 0.3) is 5.91 Å². The summed E-state index contributed by atoms with van der Waals surface area (Å²) in [7, 11) is 1.63. The molecule has 21 heavy (non-hydrogen) atoms. The second kappa shape index (κ2) is 6.94. The van der Waals surface area contributed by atoms with E-state index in [-0.39, 0.29) is 18.0 Å². The largest absolute Gasteiger partial charge is 0.496 e. The Hall–Kier alpha value is -1.55. The van der Waals surface area contributed by atoms with Gasteiger partial charge in [0.15, 0.2) is 0 Å². The predicted molar refractivity (Wildman–Crippen MR) is 82.9 cm³/mol. The monoisotopic (exact) mass is 291 g/mol. The first-order valence-corrected chi connectivity index (χ1v) is 7.59. The molecule has 116 valence electrons. The second-order valence-corrected chi connectivity index (χ2v) is 5.83. The van der Waals surface area contributed by atoms with Crippen molar-refractivity contribution in [2.75, 3.05) is 20.3 Å². The molecule has 1 aliphatic heterocycles. The maximum Gasteiger partial charge on any atom is 0.254 e. The second-order valence-electron chi connectivity index (χ2n) is 5.83. The molecule has 1 aromatic rings. The van der Waals surface area contributed by atoms with Crippen molar-refractivity contribution in [3.8, 4) is 5.75 Å². The number of hydrogen-bond donors (Lipinski definition) is 0. The first kappa shape index (κ1) is 15.8. The summed E-state index contributed by atoms with van der Waals surface area (Å²) in [6.45, 7) is 7.58. The summed E-state index contributed by atoms with van der Waals surface area (Å²) in [6.07, 6.45) is 1.82. The average Bonchev–Trinajstić information content (AvgIpc) is 2.48. The van der Waals surface area contributed by atoms with E-state index >= 15 is 0 Å². The van der Waals surface area contributed by atoms with Gasteiger partial charge in [-0.3, -0.25) is 4.79 Å². The van der Waals surface area contributed by atoms with Crippen LogP contribution < -0.4 is 4.74 Å². The fraction of sp³-hybridized carbons (Fsp3) is 0.588. The maximum atomic E-state index is 12.9. The van der Waals surface area contributed by atoms with Crippen LogP contribution in [0.5, 0.6) is 5.75 Å². The number of aryl methyl sites for hydroxylation is 1. The third kappa shape index (κ3) is 3.56. The van der Waals surface area contributed by atoms with Gasteiger partial charge in [0.1, 0.15) is 5.75 Å². The van der Waals surface area contributed by atoms with Crippen LogP contribution in [0.25, 0.3) is 0 Å². The van der Waals surface area contributed by atoms with Gasteiger partial charge in [-0.25, -0.2) is 0 Å². The van der Waals surface area contributed by atoms with Crippen LogP contribution in [0.2, 0.25) is 0 Å². The molecular weight excluding hydrogens is 266 g/mol. The SMILES string of the molecule is COc1cc(C(=O)N(C(C)C)C2CCOCC2)ccc1C. The Morgan fingerprint density at radius 1 is 1.33 bits per heavy atom. The van der Waals surface area contributed by atoms with Gasteiger partial charge in [0.05, 0.1) is 7.11 Å². The fourth-order valence-corrected chi connectivity index (χ4v) is 2.89. The summed E-state index contributed by atoms with van der Waals surface area (Å²) < 4.78 is 10.7. The highest BCUT2D eigenvalue weighted by molar-refractivity contribution is 5.95. The Morgan fingerprint density at radius 3 is 2.57 bits per heavy atom. The van der Waals surface area contributed by atoms with Crippen molar-refractivity contribution in [2.45, 2.75) is 45.7 Å². The smallest absolute Gasteiger partial charge is 0.254 e. The van der Waals surface area contributed by atoms with Crippen LogP contribution in [0.1, 0.15) is 42.6 Å². The number of nitrogens with zero attached hydrogens (tertiary/aromatic N) is 1. The van der Waals surface area contributed by atoms with Gasteiger partial charge in [-0.2, -0.15) is 0 Å². The van der Waals surface area contributed by atoms with Crippen LogP contribution in [0, 0.1) is 6.92 Å². The number of ether oxygens (including phenoxy) is 2. The Morgan fingerprint density at radius 2 is 2.00 bits per heavy atom. The fourth-order valence-electron chi connectivity index (χ4n) is 2.89. The minimum Gasteiger partial charge on any atom is -0.496 e. The summed E-state index contributed by atoms with van der Waals surface area (Å²) >= 11 is 0. The first-order valence-electron chi connectivity index (χ1n) is 7.59. The lowest BCUT2D eigenvalue weighted by molar-refractivity contribution is 0.0206. The van der Waals surface area contributed by atoms with Gasteiger partial charge in [-0.05, 0) is 51.3 Å². The van der Waals surface area contributed by atoms with E-state index in [1.165, 1.54) is 0 Å². The Balaban J connectivity index is 2.25. The summed E-state index contributed by atoms with van der Waals surface area (Å²) in [5.74, 6) is 0.840. The summed E-state index contributed by atoms with van der Waals surface area (Å²) in [4.78, 5) is 14.9. The molecule has 0 atom stereocenters. The topological polar surface area (TPSA) is 38.8 Å². The molecule has 1 fully saturated rings. The molecule has 0 aliphatic carbocycles. The third-order valence-electron chi connectivity index (χ3n) is 4.03. The summed E-state index contributed by atoms with van der Waals surface area (Å²) in [6, 6.07) is 6.10. The zero-order valence-electron chi connectivity index (χ0n) is 13.4. The van der Waals surface area contributed by atoms with Gasteiger partial charge >= 0.3 is 0 Å². The van der Waals surface area contributed by atoms with Crippen molar-refractivity contribution < 1.29 is 14.3 Å². The van der Waals surface area contributed by atoms with E-state index in [0.29, 0.717) is 5.56 Å². The van der Waals surface area contributed by atoms with Gasteiger partial charge in [-0.15, -0.1) is 0 Å². The normalized spacial score (nSPS) is 16.0. The number of methoxy groups -OCH3 is 1. The first-order chi connectivity index (χ1) is 10.0. The van der Waals surface area contributed by atoms with Crippen LogP contribution in [-0.4, -0.2) is 43.2 Å². The molecule has 0 N–H and O–H groups in total. The van der Waals surface area contributed by atoms with Gasteiger partial charge in [-0.1, -0.05) is 6.07 Å². The zero-order valence-corrected chi connectivity index (χ0v) is 13.4. The molecule has 0 bridgehead atoms. The van der Waals surface area contributed by atoms with Crippen LogP contribution in [0.3, 0.4) is 0 Å². The van der Waals surface area contributed by atoms with Crippen LogP contribution in [0.4, 0.5) is 0 Å². The number of amides is 1. The van der Waals surface area contributed by atoms with Crippen molar-refractivity contribution in [3.63, 3.8) is 0 Å². The molecular formula is C17H25NO3. The van der Waals surface area contributed by atoms with E-state index in [1.807, 2.05) is 30.0 Å². The molecule has 0 unspecified atom stereocenters. The van der Waals surface area contributed by atoms with Crippen LogP contribution in [-0.2, 0) is 4.74 Å². The van der Waals surface area contributed by atoms with E-state index in [1.54, 1.807) is 7.11 Å². The minimum absolute atomic E-state index is 0.0789. The molecule has 4 nitrogen and oxygen atoms in total. The lowest BCUT2D eigenvalue weighted by Crippen LogP contribution is -2.47. The molecule has 1 heterocycles.